The van der Waals surface area contributed by atoms with Crippen molar-refractivity contribution in [2.45, 2.75) is 0 Å². The topological polar surface area (TPSA) is 23.1 Å². The van der Waals surface area contributed by atoms with Crippen molar-refractivity contribution in [3.8, 4) is 0 Å². The van der Waals surface area contributed by atoms with E-state index in [2.05, 4.69) is 0 Å². The van der Waals surface area contributed by atoms with Crippen molar-refractivity contribution in [3.05, 3.63) is 19.1 Å². The summed E-state index contributed by atoms with van der Waals surface area (Å²) in [5, 5.41) is 9.36. The maximum atomic E-state index is 9.36. The van der Waals surface area contributed by atoms with E-state index in [0.29, 0.717) is 0 Å². The van der Waals surface area contributed by atoms with E-state index in [0.717, 1.165) is 0 Å². The molecule has 6 heavy (non-hydrogen) atoms. The molecule has 0 aromatic carbocycles. The van der Waals surface area contributed by atoms with Gasteiger partial charge in [0.25, 0.3) is 0 Å². The second-order valence-electron chi connectivity index (χ2n) is 0.595. The van der Waals surface area contributed by atoms with Crippen molar-refractivity contribution in [3.63, 3.8) is 0 Å². The zero-order valence-electron chi connectivity index (χ0n) is 3.16. The summed E-state index contributed by atoms with van der Waals surface area (Å²) in [6, 6.07) is 0. The van der Waals surface area contributed by atoms with Gasteiger partial charge in [0.1, 0.15) is 0 Å². The standard InChI is InChI=1S/C4H5O.Pd/c1-2-3-4-5;/h1-3H,4H2;/q-3;+2. The van der Waals surface area contributed by atoms with Gasteiger partial charge in [0.15, 0.2) is 0 Å². The van der Waals surface area contributed by atoms with Crippen LogP contribution in [0.1, 0.15) is 0 Å². The molecule has 0 radical (unpaired) electrons. The van der Waals surface area contributed by atoms with Crippen molar-refractivity contribution in [1.82, 2.24) is 0 Å². The van der Waals surface area contributed by atoms with Crippen LogP contribution in [0.15, 0.2) is 6.08 Å². The van der Waals surface area contributed by atoms with E-state index >= 15 is 0 Å². The van der Waals surface area contributed by atoms with Gasteiger partial charge in [-0.15, -0.1) is 0 Å². The summed E-state index contributed by atoms with van der Waals surface area (Å²) >= 11 is 0. The summed E-state index contributed by atoms with van der Waals surface area (Å²) in [4.78, 5) is 0. The molecule has 0 amide bonds. The van der Waals surface area contributed by atoms with Crippen molar-refractivity contribution in [1.29, 1.82) is 0 Å². The molecule has 0 fully saturated rings. The smallest absolute Gasteiger partial charge is 0.876 e. The molecule has 0 aliphatic carbocycles. The third kappa shape index (κ3) is 8.87. The summed E-state index contributed by atoms with van der Waals surface area (Å²) in [5.41, 5.74) is 0. The molecular weight excluding hydrogens is 170 g/mol. The van der Waals surface area contributed by atoms with Gasteiger partial charge in [0.2, 0.25) is 0 Å². The first-order valence-corrected chi connectivity index (χ1v) is 1.36. The van der Waals surface area contributed by atoms with Crippen LogP contribution < -0.4 is 5.11 Å². The Balaban J connectivity index is 0. The summed E-state index contributed by atoms with van der Waals surface area (Å²) in [6.07, 6.45) is 2.59. The quantitative estimate of drug-likeness (QED) is 0.411. The van der Waals surface area contributed by atoms with E-state index in [1.165, 1.54) is 12.5 Å². The van der Waals surface area contributed by atoms with Gasteiger partial charge < -0.3 is 24.2 Å². The summed E-state index contributed by atoms with van der Waals surface area (Å²) < 4.78 is 0. The van der Waals surface area contributed by atoms with Gasteiger partial charge in [-0.05, 0) is 0 Å². The molecule has 0 spiro atoms. The Hall–Kier alpha value is 0.232. The Labute approximate surface area is 51.7 Å². The first-order chi connectivity index (χ1) is 2.41. The number of hydrogen-bond donors (Lipinski definition) is 0. The van der Waals surface area contributed by atoms with E-state index in [1.54, 1.807) is 0 Å². The van der Waals surface area contributed by atoms with E-state index in [9.17, 15) is 5.11 Å². The Morgan fingerprint density at radius 2 is 2.33 bits per heavy atom. The predicted octanol–water partition coefficient (Wildman–Crippen LogP) is -0.462. The largest absolute Gasteiger partial charge is 2.00 e. The van der Waals surface area contributed by atoms with Crippen LogP contribution in [0.2, 0.25) is 0 Å². The van der Waals surface area contributed by atoms with Crippen LogP contribution in [0.3, 0.4) is 0 Å². The first-order valence-electron chi connectivity index (χ1n) is 1.36. The minimum absolute atomic E-state index is 0. The van der Waals surface area contributed by atoms with Crippen LogP contribution in [0.5, 0.6) is 0 Å². The molecule has 0 atom stereocenters. The fourth-order valence-electron chi connectivity index (χ4n) is 0.0556. The molecule has 0 bridgehead atoms. The zero-order valence-corrected chi connectivity index (χ0v) is 4.72. The molecule has 0 saturated carbocycles. The second-order valence-corrected chi connectivity index (χ2v) is 0.595. The Kier molecular flexibility index (Phi) is 14.2. The fourth-order valence-corrected chi connectivity index (χ4v) is 0.0556. The molecule has 0 rings (SSSR count). The zero-order chi connectivity index (χ0) is 4.12. The van der Waals surface area contributed by atoms with E-state index < -0.39 is 0 Å². The molecular formula is C4H5OPd-. The van der Waals surface area contributed by atoms with Crippen LogP contribution in [0.25, 0.3) is 0 Å². The van der Waals surface area contributed by atoms with E-state index in [1.807, 2.05) is 0 Å². The van der Waals surface area contributed by atoms with Gasteiger partial charge in [-0.3, -0.25) is 6.61 Å². The maximum Gasteiger partial charge on any atom is 2.00 e. The average Bonchev–Trinajstić information content (AvgIpc) is 1.41. The molecule has 2 heteroatoms. The summed E-state index contributed by atoms with van der Waals surface area (Å²) in [7, 11) is 0. The van der Waals surface area contributed by atoms with E-state index in [-0.39, 0.29) is 27.0 Å². The van der Waals surface area contributed by atoms with Crippen LogP contribution in [0, 0.1) is 13.0 Å². The van der Waals surface area contributed by atoms with Gasteiger partial charge >= 0.3 is 20.4 Å². The molecule has 38 valence electrons. The van der Waals surface area contributed by atoms with Gasteiger partial charge in [0.05, 0.1) is 0 Å². The second kappa shape index (κ2) is 8.97. The van der Waals surface area contributed by atoms with Crippen molar-refractivity contribution < 1.29 is 25.5 Å². The van der Waals surface area contributed by atoms with Crippen molar-refractivity contribution in [2.24, 2.45) is 0 Å². The third-order valence-corrected chi connectivity index (χ3v) is 0.232. The predicted molar refractivity (Wildman–Crippen MR) is 18.0 cm³/mol. The molecule has 1 nitrogen and oxygen atoms in total. The first kappa shape index (κ1) is 9.53. The Morgan fingerprint density at radius 3 is 2.33 bits per heavy atom. The van der Waals surface area contributed by atoms with Gasteiger partial charge in [-0.1, -0.05) is 0 Å². The average molecular weight is 176 g/mol. The number of hydrogen-bond acceptors (Lipinski definition) is 1. The fraction of sp³-hybridized carbons (Fsp3) is 0.250. The molecule has 0 saturated heterocycles. The van der Waals surface area contributed by atoms with Crippen LogP contribution in [0.4, 0.5) is 0 Å². The third-order valence-electron chi connectivity index (χ3n) is 0.232. The molecule has 0 N–H and O–H groups in total. The van der Waals surface area contributed by atoms with Gasteiger partial charge in [0, 0.05) is 0 Å². The summed E-state index contributed by atoms with van der Waals surface area (Å²) in [6.45, 7) is 4.55. The number of rotatable bonds is 2. The molecule has 0 aromatic rings. The van der Waals surface area contributed by atoms with Crippen molar-refractivity contribution in [2.75, 3.05) is 6.61 Å². The van der Waals surface area contributed by atoms with Crippen LogP contribution >= 0.6 is 0 Å². The summed E-state index contributed by atoms with van der Waals surface area (Å²) in [5.74, 6) is 0. The normalized spacial score (nSPS) is 5.50. The monoisotopic (exact) mass is 175 g/mol. The molecule has 0 aliphatic rings. The van der Waals surface area contributed by atoms with Crippen LogP contribution in [-0.4, -0.2) is 6.61 Å². The van der Waals surface area contributed by atoms with Crippen LogP contribution in [-0.2, 0) is 20.4 Å². The van der Waals surface area contributed by atoms with Crippen molar-refractivity contribution >= 4 is 0 Å². The Bertz CT molecular complexity index is 28.7. The molecule has 0 heterocycles. The molecule has 0 unspecified atom stereocenters. The van der Waals surface area contributed by atoms with Gasteiger partial charge in [-0.2, -0.15) is 0 Å². The Morgan fingerprint density at radius 1 is 1.83 bits per heavy atom. The maximum absolute atomic E-state index is 9.36. The molecule has 0 aliphatic heterocycles. The van der Waals surface area contributed by atoms with E-state index in [4.69, 9.17) is 6.58 Å². The minimum atomic E-state index is -0.212. The SMILES string of the molecule is [CH-]=C[CH-]C[O-].[Pd+2]. The van der Waals surface area contributed by atoms with Gasteiger partial charge in [-0.25, -0.2) is 0 Å². The molecule has 0 aromatic heterocycles. The minimum Gasteiger partial charge on any atom is -0.876 e.